The Morgan fingerprint density at radius 3 is 3.05 bits per heavy atom. The molecule has 2 heterocycles. The van der Waals surface area contributed by atoms with E-state index in [-0.39, 0.29) is 0 Å². The van der Waals surface area contributed by atoms with Crippen LogP contribution in [-0.4, -0.2) is 20.6 Å². The third-order valence-corrected chi connectivity index (χ3v) is 3.97. The lowest BCUT2D eigenvalue weighted by Gasteiger charge is -2.30. The molecule has 1 saturated carbocycles. The quantitative estimate of drug-likeness (QED) is 0.838. The molecule has 0 bridgehead atoms. The van der Waals surface area contributed by atoms with Gasteiger partial charge in [0.2, 0.25) is 5.69 Å². The van der Waals surface area contributed by atoms with E-state index in [4.69, 9.17) is 6.57 Å². The maximum absolute atomic E-state index is 7.29. The average molecular weight is 255 g/mol. The van der Waals surface area contributed by atoms with Crippen molar-refractivity contribution in [2.75, 3.05) is 5.32 Å². The molecule has 98 valence electrons. The Hall–Kier alpha value is -2.09. The smallest absolute Gasteiger partial charge is 0.232 e. The lowest BCUT2D eigenvalue weighted by atomic mass is 9.86. The van der Waals surface area contributed by atoms with Gasteiger partial charge in [0.1, 0.15) is 0 Å². The molecule has 5 nitrogen and oxygen atoms in total. The van der Waals surface area contributed by atoms with Gasteiger partial charge in [0.05, 0.1) is 18.5 Å². The number of aromatic nitrogens is 3. The first-order valence-electron chi connectivity index (χ1n) is 6.76. The molecule has 0 spiro atoms. The van der Waals surface area contributed by atoms with Gasteiger partial charge in [-0.2, -0.15) is 5.10 Å². The van der Waals surface area contributed by atoms with Crippen LogP contribution in [0.3, 0.4) is 0 Å². The van der Waals surface area contributed by atoms with E-state index in [9.17, 15) is 0 Å². The van der Waals surface area contributed by atoms with Crippen molar-refractivity contribution in [1.29, 1.82) is 0 Å². The maximum atomic E-state index is 7.29. The van der Waals surface area contributed by atoms with E-state index >= 15 is 0 Å². The van der Waals surface area contributed by atoms with Crippen LogP contribution < -0.4 is 5.32 Å². The summed E-state index contributed by atoms with van der Waals surface area (Å²) < 4.78 is 1.71. The zero-order chi connectivity index (χ0) is 13.2. The van der Waals surface area contributed by atoms with Crippen molar-refractivity contribution in [2.24, 2.45) is 5.92 Å². The molecule has 1 aliphatic rings. The second kappa shape index (κ2) is 4.88. The van der Waals surface area contributed by atoms with Crippen LogP contribution in [0.4, 0.5) is 11.4 Å². The Morgan fingerprint density at radius 2 is 2.26 bits per heavy atom. The summed E-state index contributed by atoms with van der Waals surface area (Å²) in [5, 5.41) is 7.73. The molecule has 1 N–H and O–H groups in total. The standard InChI is InChI=1S/C14H17N5/c1-10-5-3-4-6-11(10)18-13-12(15-2)9-17-19-8-7-16-14(13)19/h7-11,18H,3-6H2,1H3. The topological polar surface area (TPSA) is 46.6 Å². The number of anilines is 1. The normalized spacial score (nSPS) is 23.2. The molecule has 0 aliphatic heterocycles. The molecule has 2 unspecified atom stereocenters. The molecule has 3 rings (SSSR count). The molecule has 0 amide bonds. The minimum atomic E-state index is 0.428. The largest absolute Gasteiger partial charge is 0.388 e. The van der Waals surface area contributed by atoms with Crippen LogP contribution in [0.2, 0.25) is 0 Å². The second-order valence-corrected chi connectivity index (χ2v) is 5.22. The molecule has 0 saturated heterocycles. The lowest BCUT2D eigenvalue weighted by molar-refractivity contribution is 0.350. The molecular weight excluding hydrogens is 238 g/mol. The molecule has 5 heteroatoms. The highest BCUT2D eigenvalue weighted by Crippen LogP contribution is 2.32. The lowest BCUT2D eigenvalue weighted by Crippen LogP contribution is -2.30. The number of imidazole rings is 1. The van der Waals surface area contributed by atoms with E-state index in [2.05, 4.69) is 27.2 Å². The average Bonchev–Trinajstić information content (AvgIpc) is 2.90. The Kier molecular flexibility index (Phi) is 3.08. The van der Waals surface area contributed by atoms with Crippen LogP contribution in [0.1, 0.15) is 32.6 Å². The molecule has 0 aromatic carbocycles. The first-order valence-corrected chi connectivity index (χ1v) is 6.76. The van der Waals surface area contributed by atoms with E-state index in [1.165, 1.54) is 19.3 Å². The fourth-order valence-electron chi connectivity index (χ4n) is 2.80. The fraction of sp³-hybridized carbons (Fsp3) is 0.500. The Labute approximate surface area is 112 Å². The highest BCUT2D eigenvalue weighted by Gasteiger charge is 2.23. The first kappa shape index (κ1) is 12.0. The maximum Gasteiger partial charge on any atom is 0.232 e. The first-order chi connectivity index (χ1) is 9.29. The van der Waals surface area contributed by atoms with Crippen molar-refractivity contribution in [2.45, 2.75) is 38.6 Å². The van der Waals surface area contributed by atoms with Gasteiger partial charge in [-0.25, -0.2) is 14.3 Å². The zero-order valence-electron chi connectivity index (χ0n) is 11.0. The molecule has 2 atom stereocenters. The summed E-state index contributed by atoms with van der Waals surface area (Å²) in [4.78, 5) is 7.87. The van der Waals surface area contributed by atoms with Gasteiger partial charge in [0, 0.05) is 18.4 Å². The van der Waals surface area contributed by atoms with E-state index in [0.717, 1.165) is 17.8 Å². The van der Waals surface area contributed by atoms with Crippen molar-refractivity contribution >= 4 is 17.0 Å². The van der Waals surface area contributed by atoms with Crippen LogP contribution in [-0.2, 0) is 0 Å². The summed E-state index contributed by atoms with van der Waals surface area (Å²) in [6, 6.07) is 0.428. The van der Waals surface area contributed by atoms with Gasteiger partial charge >= 0.3 is 0 Å². The van der Waals surface area contributed by atoms with Crippen LogP contribution >= 0.6 is 0 Å². The van der Waals surface area contributed by atoms with Gasteiger partial charge in [-0.3, -0.25) is 0 Å². The monoisotopic (exact) mass is 255 g/mol. The summed E-state index contributed by atoms with van der Waals surface area (Å²) in [6.45, 7) is 9.56. The van der Waals surface area contributed by atoms with Gasteiger partial charge in [0.25, 0.3) is 0 Å². The number of rotatable bonds is 2. The number of nitrogens with one attached hydrogen (secondary N) is 1. The number of nitrogens with zero attached hydrogens (tertiary/aromatic N) is 4. The van der Waals surface area contributed by atoms with Crippen LogP contribution in [0, 0.1) is 12.5 Å². The molecule has 2 aromatic rings. The minimum absolute atomic E-state index is 0.428. The SMILES string of the molecule is [C-]#[N+]c1cnn2ccnc2c1NC1CCCCC1C. The Morgan fingerprint density at radius 1 is 1.42 bits per heavy atom. The highest BCUT2D eigenvalue weighted by molar-refractivity contribution is 5.81. The molecular formula is C14H17N5. The van der Waals surface area contributed by atoms with E-state index in [1.54, 1.807) is 23.1 Å². The van der Waals surface area contributed by atoms with E-state index in [1.807, 2.05) is 0 Å². The predicted molar refractivity (Wildman–Crippen MR) is 74.3 cm³/mol. The second-order valence-electron chi connectivity index (χ2n) is 5.22. The molecule has 19 heavy (non-hydrogen) atoms. The fourth-order valence-corrected chi connectivity index (χ4v) is 2.80. The van der Waals surface area contributed by atoms with Gasteiger partial charge in [-0.15, -0.1) is 0 Å². The van der Waals surface area contributed by atoms with Crippen molar-refractivity contribution in [3.05, 3.63) is 30.0 Å². The summed E-state index contributed by atoms with van der Waals surface area (Å²) in [5.74, 6) is 0.635. The zero-order valence-corrected chi connectivity index (χ0v) is 11.0. The van der Waals surface area contributed by atoms with Crippen LogP contribution in [0.15, 0.2) is 18.6 Å². The van der Waals surface area contributed by atoms with Gasteiger partial charge in [0.15, 0.2) is 5.65 Å². The molecule has 1 aliphatic carbocycles. The van der Waals surface area contributed by atoms with Gasteiger partial charge in [-0.1, -0.05) is 19.8 Å². The number of fused-ring (bicyclic) bond motifs is 1. The summed E-state index contributed by atoms with van der Waals surface area (Å²) in [6.07, 6.45) is 10.1. The Bertz CT molecular complexity index is 624. The summed E-state index contributed by atoms with van der Waals surface area (Å²) >= 11 is 0. The third kappa shape index (κ3) is 2.14. The van der Waals surface area contributed by atoms with Crippen molar-refractivity contribution in [3.8, 4) is 0 Å². The molecule has 2 aromatic heterocycles. The van der Waals surface area contributed by atoms with Gasteiger partial charge in [-0.05, 0) is 18.8 Å². The van der Waals surface area contributed by atoms with E-state index < -0.39 is 0 Å². The van der Waals surface area contributed by atoms with Crippen molar-refractivity contribution in [1.82, 2.24) is 14.6 Å². The van der Waals surface area contributed by atoms with Gasteiger partial charge < -0.3 is 5.32 Å². The van der Waals surface area contributed by atoms with Crippen LogP contribution in [0.5, 0.6) is 0 Å². The number of hydrogen-bond acceptors (Lipinski definition) is 3. The predicted octanol–water partition coefficient (Wildman–Crippen LogP) is 3.27. The van der Waals surface area contributed by atoms with Crippen molar-refractivity contribution in [3.63, 3.8) is 0 Å². The van der Waals surface area contributed by atoms with Crippen molar-refractivity contribution < 1.29 is 0 Å². The summed E-state index contributed by atoms with van der Waals surface area (Å²) in [7, 11) is 0. The summed E-state index contributed by atoms with van der Waals surface area (Å²) in [5.41, 5.74) is 2.12. The third-order valence-electron chi connectivity index (χ3n) is 3.97. The Balaban J connectivity index is 1.98. The van der Waals surface area contributed by atoms with E-state index in [0.29, 0.717) is 17.6 Å². The highest BCUT2D eigenvalue weighted by atomic mass is 15.3. The number of hydrogen-bond donors (Lipinski definition) is 1. The minimum Gasteiger partial charge on any atom is -0.388 e. The van der Waals surface area contributed by atoms with Crippen LogP contribution in [0.25, 0.3) is 10.5 Å². The molecule has 0 radical (unpaired) electrons. The molecule has 1 fully saturated rings.